The van der Waals surface area contributed by atoms with Crippen LogP contribution in [0.2, 0.25) is 0 Å². The largest absolute Gasteiger partial charge is 0.346 e. The summed E-state index contributed by atoms with van der Waals surface area (Å²) in [5.74, 6) is 0. The molecule has 0 spiro atoms. The molecule has 1 aliphatic rings. The Morgan fingerprint density at radius 2 is 1.00 bits per heavy atom. The highest BCUT2D eigenvalue weighted by atomic mass is 35.6. The summed E-state index contributed by atoms with van der Waals surface area (Å²) in [7, 11) is 0. The summed E-state index contributed by atoms with van der Waals surface area (Å²) in [6, 6.07) is 0. The summed E-state index contributed by atoms with van der Waals surface area (Å²) in [6.45, 7) is -0.116. The van der Waals surface area contributed by atoms with Crippen molar-refractivity contribution >= 4 is 69.6 Å². The fraction of sp³-hybridized carbons (Fsp3) is 1.00. The molecular formula is C7H8Cl6O4. The zero-order chi connectivity index (χ0) is 13.1. The average Bonchev–Trinajstić information content (AvgIpc) is 2.25. The van der Waals surface area contributed by atoms with Crippen LogP contribution in [0.1, 0.15) is 0 Å². The molecule has 1 saturated heterocycles. The number of halogens is 6. The van der Waals surface area contributed by atoms with Gasteiger partial charge in [0, 0.05) is 0 Å². The van der Waals surface area contributed by atoms with Gasteiger partial charge < -0.3 is 18.9 Å². The standard InChI is InChI=1S/C7H8Cl6O4/c8-6(9,10)4-14-1-2-15-5(7(11,12)13)17-3-16-4/h4-5H,1-3H2. The zero-order valence-electron chi connectivity index (χ0n) is 8.18. The maximum absolute atomic E-state index is 5.62. The van der Waals surface area contributed by atoms with Crippen LogP contribution in [0.4, 0.5) is 0 Å². The molecule has 10 heteroatoms. The quantitative estimate of drug-likeness (QED) is 0.614. The van der Waals surface area contributed by atoms with E-state index in [1.54, 1.807) is 0 Å². The van der Waals surface area contributed by atoms with Crippen LogP contribution in [0, 0.1) is 0 Å². The van der Waals surface area contributed by atoms with Crippen LogP contribution >= 0.6 is 69.6 Å². The fourth-order valence-corrected chi connectivity index (χ4v) is 1.70. The first-order valence-electron chi connectivity index (χ1n) is 4.31. The van der Waals surface area contributed by atoms with Crippen molar-refractivity contribution in [3.05, 3.63) is 0 Å². The maximum atomic E-state index is 5.62. The van der Waals surface area contributed by atoms with E-state index in [4.69, 9.17) is 88.6 Å². The van der Waals surface area contributed by atoms with Crippen LogP contribution in [0.25, 0.3) is 0 Å². The van der Waals surface area contributed by atoms with Crippen molar-refractivity contribution < 1.29 is 18.9 Å². The van der Waals surface area contributed by atoms with Gasteiger partial charge in [0.1, 0.15) is 0 Å². The topological polar surface area (TPSA) is 36.9 Å². The Balaban J connectivity index is 2.56. The predicted octanol–water partition coefficient (Wildman–Crippen LogP) is 3.42. The van der Waals surface area contributed by atoms with Crippen molar-refractivity contribution in [3.63, 3.8) is 0 Å². The Kier molecular flexibility index (Phi) is 6.69. The van der Waals surface area contributed by atoms with Crippen LogP contribution in [-0.2, 0) is 18.9 Å². The molecule has 1 fully saturated rings. The molecule has 17 heavy (non-hydrogen) atoms. The molecule has 0 N–H and O–H groups in total. The highest BCUT2D eigenvalue weighted by Crippen LogP contribution is 2.35. The lowest BCUT2D eigenvalue weighted by atomic mass is 10.6. The summed E-state index contributed by atoms with van der Waals surface area (Å²) in [6.07, 6.45) is -2.18. The highest BCUT2D eigenvalue weighted by molar-refractivity contribution is 6.68. The Bertz CT molecular complexity index is 215. The van der Waals surface area contributed by atoms with Crippen LogP contribution in [0.3, 0.4) is 0 Å². The molecule has 4 nitrogen and oxygen atoms in total. The molecule has 0 aromatic carbocycles. The van der Waals surface area contributed by atoms with Gasteiger partial charge in [-0.25, -0.2) is 0 Å². The number of hydrogen-bond donors (Lipinski definition) is 0. The molecule has 1 aliphatic heterocycles. The normalized spacial score (nSPS) is 29.3. The van der Waals surface area contributed by atoms with E-state index in [1.807, 2.05) is 0 Å². The van der Waals surface area contributed by atoms with E-state index in [-0.39, 0.29) is 20.0 Å². The highest BCUT2D eigenvalue weighted by Gasteiger charge is 2.39. The Morgan fingerprint density at radius 3 is 1.29 bits per heavy atom. The second-order valence-corrected chi connectivity index (χ2v) is 7.68. The number of ether oxygens (including phenoxy) is 4. The summed E-state index contributed by atoms with van der Waals surface area (Å²) >= 11 is 33.7. The van der Waals surface area contributed by atoms with Gasteiger partial charge in [-0.3, -0.25) is 0 Å². The van der Waals surface area contributed by atoms with Crippen LogP contribution in [0.5, 0.6) is 0 Å². The van der Waals surface area contributed by atoms with Crippen molar-refractivity contribution in [2.75, 3.05) is 20.0 Å². The van der Waals surface area contributed by atoms with Crippen molar-refractivity contribution in [1.82, 2.24) is 0 Å². The third-order valence-electron chi connectivity index (χ3n) is 1.60. The summed E-state index contributed by atoms with van der Waals surface area (Å²) < 4.78 is 16.9. The van der Waals surface area contributed by atoms with Gasteiger partial charge in [0.05, 0.1) is 13.2 Å². The predicted molar refractivity (Wildman–Crippen MR) is 67.1 cm³/mol. The Hall–Kier alpha value is 1.58. The van der Waals surface area contributed by atoms with Gasteiger partial charge in [-0.05, 0) is 0 Å². The van der Waals surface area contributed by atoms with E-state index in [0.717, 1.165) is 0 Å². The van der Waals surface area contributed by atoms with Crippen LogP contribution in [0.15, 0.2) is 0 Å². The monoisotopic (exact) mass is 366 g/mol. The molecule has 1 heterocycles. The smallest absolute Gasteiger partial charge is 0.240 e. The minimum absolute atomic E-state index is 0.0964. The lowest BCUT2D eigenvalue weighted by molar-refractivity contribution is -0.216. The molecule has 0 aromatic rings. The molecule has 2 atom stereocenters. The Labute approximate surface area is 128 Å². The fourth-order valence-electron chi connectivity index (χ4n) is 0.947. The van der Waals surface area contributed by atoms with E-state index < -0.39 is 20.2 Å². The minimum Gasteiger partial charge on any atom is -0.346 e. The molecule has 0 aliphatic carbocycles. The van der Waals surface area contributed by atoms with Gasteiger partial charge in [0.25, 0.3) is 0 Å². The van der Waals surface area contributed by atoms with Crippen LogP contribution < -0.4 is 0 Å². The average molecular weight is 369 g/mol. The lowest BCUT2D eigenvalue weighted by Gasteiger charge is -2.24. The van der Waals surface area contributed by atoms with E-state index in [9.17, 15) is 0 Å². The number of hydrogen-bond acceptors (Lipinski definition) is 4. The van der Waals surface area contributed by atoms with E-state index in [2.05, 4.69) is 0 Å². The van der Waals surface area contributed by atoms with Crippen molar-refractivity contribution in [2.45, 2.75) is 20.2 Å². The SMILES string of the molecule is ClC(Cl)(Cl)C1OCCOC(C(Cl)(Cl)Cl)OCO1. The van der Waals surface area contributed by atoms with Crippen molar-refractivity contribution in [2.24, 2.45) is 0 Å². The summed E-state index contributed by atoms with van der Waals surface area (Å²) in [5.41, 5.74) is 0. The molecule has 1 rings (SSSR count). The molecule has 0 bridgehead atoms. The van der Waals surface area contributed by atoms with Gasteiger partial charge in [-0.1, -0.05) is 69.6 Å². The van der Waals surface area contributed by atoms with Gasteiger partial charge in [-0.2, -0.15) is 0 Å². The molecular weight excluding hydrogens is 361 g/mol. The summed E-state index contributed by atoms with van der Waals surface area (Å²) in [4.78, 5) is 0. The first-order chi connectivity index (χ1) is 7.71. The molecule has 0 aromatic heterocycles. The Morgan fingerprint density at radius 1 is 0.647 bits per heavy atom. The van der Waals surface area contributed by atoms with Crippen molar-refractivity contribution in [3.8, 4) is 0 Å². The molecule has 102 valence electrons. The van der Waals surface area contributed by atoms with Gasteiger partial charge in [0.2, 0.25) is 20.2 Å². The molecule has 0 radical (unpaired) electrons. The second-order valence-electron chi connectivity index (χ2n) is 2.94. The first kappa shape index (κ1) is 16.6. The van der Waals surface area contributed by atoms with Crippen molar-refractivity contribution in [1.29, 1.82) is 0 Å². The first-order valence-corrected chi connectivity index (χ1v) is 6.58. The molecule has 0 amide bonds. The number of alkyl halides is 6. The second kappa shape index (κ2) is 6.84. The van der Waals surface area contributed by atoms with E-state index in [1.165, 1.54) is 0 Å². The van der Waals surface area contributed by atoms with E-state index in [0.29, 0.717) is 0 Å². The third-order valence-corrected chi connectivity index (χ3v) is 2.66. The molecule has 2 unspecified atom stereocenters. The molecule has 0 saturated carbocycles. The van der Waals surface area contributed by atoms with Gasteiger partial charge in [-0.15, -0.1) is 0 Å². The number of rotatable bonds is 0. The van der Waals surface area contributed by atoms with Crippen LogP contribution in [-0.4, -0.2) is 40.2 Å². The lowest BCUT2D eigenvalue weighted by Crippen LogP contribution is -2.34. The van der Waals surface area contributed by atoms with Gasteiger partial charge in [0.15, 0.2) is 6.79 Å². The minimum atomic E-state index is -1.75. The maximum Gasteiger partial charge on any atom is 0.240 e. The van der Waals surface area contributed by atoms with E-state index >= 15 is 0 Å². The van der Waals surface area contributed by atoms with Gasteiger partial charge >= 0.3 is 0 Å². The third kappa shape index (κ3) is 6.04. The summed E-state index contributed by atoms with van der Waals surface area (Å²) in [5, 5.41) is 0. The zero-order valence-corrected chi connectivity index (χ0v) is 12.7.